The number of hydrogen-bond acceptors (Lipinski definition) is 4. The second-order valence-corrected chi connectivity index (χ2v) is 6.45. The lowest BCUT2D eigenvalue weighted by atomic mass is 10.1. The van der Waals surface area contributed by atoms with Gasteiger partial charge in [0.1, 0.15) is 5.75 Å². The molecule has 116 valence electrons. The topological polar surface area (TPSA) is 109 Å². The fraction of sp³-hybridized carbons (Fsp3) is 0.133. The Morgan fingerprint density at radius 1 is 1.18 bits per heavy atom. The van der Waals surface area contributed by atoms with Crippen LogP contribution in [0.2, 0.25) is 0 Å². The van der Waals surface area contributed by atoms with Gasteiger partial charge in [-0.15, -0.1) is 0 Å². The number of carbonyl (C=O) groups excluding carboxylic acids is 1. The van der Waals surface area contributed by atoms with Crippen molar-refractivity contribution in [2.45, 2.75) is 18.2 Å². The number of phenols is 1. The lowest BCUT2D eigenvalue weighted by Crippen LogP contribution is -2.17. The Labute approximate surface area is 128 Å². The number of hydrogen-bond donors (Lipinski definition) is 3. The summed E-state index contributed by atoms with van der Waals surface area (Å²) >= 11 is 0. The normalized spacial score (nSPS) is 11.2. The summed E-state index contributed by atoms with van der Waals surface area (Å²) in [4.78, 5) is 11.9. The zero-order valence-corrected chi connectivity index (χ0v) is 12.7. The van der Waals surface area contributed by atoms with Gasteiger partial charge in [-0.25, -0.2) is 13.6 Å². The fourth-order valence-electron chi connectivity index (χ4n) is 1.99. The van der Waals surface area contributed by atoms with E-state index in [1.807, 2.05) is 0 Å². The van der Waals surface area contributed by atoms with E-state index in [-0.39, 0.29) is 23.0 Å². The molecule has 0 heterocycles. The summed E-state index contributed by atoms with van der Waals surface area (Å²) in [7, 11) is -3.83. The molecule has 0 bridgehead atoms. The molecule has 0 atom stereocenters. The minimum atomic E-state index is -3.83. The highest BCUT2D eigenvalue weighted by molar-refractivity contribution is 7.89. The number of nitrogens with one attached hydrogen (secondary N) is 1. The van der Waals surface area contributed by atoms with Crippen LogP contribution in [-0.2, 0) is 21.2 Å². The first-order valence-electron chi connectivity index (χ1n) is 6.47. The molecule has 0 spiro atoms. The number of benzene rings is 2. The van der Waals surface area contributed by atoms with Gasteiger partial charge in [-0.1, -0.05) is 18.2 Å². The minimum absolute atomic E-state index is 0.0186. The molecule has 0 aliphatic heterocycles. The highest BCUT2D eigenvalue weighted by Crippen LogP contribution is 2.19. The molecular weight excluding hydrogens is 304 g/mol. The number of primary sulfonamides is 1. The van der Waals surface area contributed by atoms with Crippen molar-refractivity contribution in [1.82, 2.24) is 0 Å². The van der Waals surface area contributed by atoms with Gasteiger partial charge in [0, 0.05) is 5.69 Å². The summed E-state index contributed by atoms with van der Waals surface area (Å²) in [5.74, 6) is -0.171. The number of anilines is 1. The van der Waals surface area contributed by atoms with Gasteiger partial charge in [-0.2, -0.15) is 0 Å². The molecule has 2 aromatic carbocycles. The van der Waals surface area contributed by atoms with Crippen molar-refractivity contribution < 1.29 is 18.3 Å². The van der Waals surface area contributed by atoms with Crippen LogP contribution in [0.5, 0.6) is 5.75 Å². The van der Waals surface area contributed by atoms with E-state index in [0.717, 1.165) is 5.56 Å². The molecule has 0 fully saturated rings. The third-order valence-electron chi connectivity index (χ3n) is 3.08. The highest BCUT2D eigenvalue weighted by atomic mass is 32.2. The van der Waals surface area contributed by atoms with Crippen molar-refractivity contribution in [1.29, 1.82) is 0 Å². The molecule has 0 aliphatic carbocycles. The minimum Gasteiger partial charge on any atom is -0.508 e. The quantitative estimate of drug-likeness (QED) is 0.793. The number of aromatic hydroxyl groups is 1. The summed E-state index contributed by atoms with van der Waals surface area (Å²) in [5, 5.41) is 16.9. The smallest absolute Gasteiger partial charge is 0.238 e. The molecule has 0 aromatic heterocycles. The number of amides is 1. The van der Waals surface area contributed by atoms with Gasteiger partial charge in [0.15, 0.2) is 0 Å². The number of rotatable bonds is 4. The first-order valence-corrected chi connectivity index (χ1v) is 8.01. The van der Waals surface area contributed by atoms with Crippen LogP contribution in [0.4, 0.5) is 5.69 Å². The van der Waals surface area contributed by atoms with Crippen LogP contribution >= 0.6 is 0 Å². The second-order valence-electron chi connectivity index (χ2n) is 4.92. The van der Waals surface area contributed by atoms with Crippen molar-refractivity contribution in [2.75, 3.05) is 5.32 Å². The van der Waals surface area contributed by atoms with Gasteiger partial charge in [0.2, 0.25) is 15.9 Å². The van der Waals surface area contributed by atoms with E-state index in [4.69, 9.17) is 5.14 Å². The molecule has 22 heavy (non-hydrogen) atoms. The largest absolute Gasteiger partial charge is 0.508 e. The predicted octanol–water partition coefficient (Wildman–Crippen LogP) is 1.53. The van der Waals surface area contributed by atoms with E-state index in [9.17, 15) is 18.3 Å². The van der Waals surface area contributed by atoms with Crippen LogP contribution in [0.3, 0.4) is 0 Å². The van der Waals surface area contributed by atoms with Gasteiger partial charge in [-0.3, -0.25) is 4.79 Å². The summed E-state index contributed by atoms with van der Waals surface area (Å²) in [6.45, 7) is 1.63. The van der Waals surface area contributed by atoms with Crippen LogP contribution in [0.25, 0.3) is 0 Å². The van der Waals surface area contributed by atoms with Crippen molar-refractivity contribution >= 4 is 21.6 Å². The summed E-state index contributed by atoms with van der Waals surface area (Å²) < 4.78 is 22.9. The first-order chi connectivity index (χ1) is 10.3. The van der Waals surface area contributed by atoms with Crippen molar-refractivity contribution in [3.8, 4) is 5.75 Å². The summed E-state index contributed by atoms with van der Waals surface area (Å²) in [6.07, 6.45) is 0.110. The lowest BCUT2D eigenvalue weighted by molar-refractivity contribution is -0.115. The van der Waals surface area contributed by atoms with Crippen LogP contribution in [0.15, 0.2) is 47.4 Å². The molecule has 6 nitrogen and oxygen atoms in total. The molecule has 0 radical (unpaired) electrons. The average Bonchev–Trinajstić information content (AvgIpc) is 2.42. The molecular formula is C15H16N2O4S. The number of carbonyl (C=O) groups is 1. The van der Waals surface area contributed by atoms with Crippen LogP contribution in [0, 0.1) is 6.92 Å². The molecule has 0 unspecified atom stereocenters. The van der Waals surface area contributed by atoms with Gasteiger partial charge in [0.05, 0.1) is 11.3 Å². The van der Waals surface area contributed by atoms with Crippen LogP contribution < -0.4 is 10.5 Å². The van der Waals surface area contributed by atoms with Gasteiger partial charge in [-0.05, 0) is 42.3 Å². The molecule has 0 saturated heterocycles. The van der Waals surface area contributed by atoms with E-state index in [0.29, 0.717) is 11.3 Å². The molecule has 2 rings (SSSR count). The standard InChI is InChI=1S/C15H16N2O4S/c1-10-2-5-12(9-14(10)22(16,20)21)17-15(19)8-11-3-6-13(18)7-4-11/h2-7,9,18H,8H2,1H3,(H,17,19)(H2,16,20,21). The molecule has 0 aliphatic rings. The Bertz CT molecular complexity index is 799. The van der Waals surface area contributed by atoms with Crippen molar-refractivity contribution in [2.24, 2.45) is 5.14 Å². The zero-order chi connectivity index (χ0) is 16.3. The molecule has 0 saturated carbocycles. The number of aryl methyl sites for hydroxylation is 1. The Morgan fingerprint density at radius 3 is 2.41 bits per heavy atom. The van der Waals surface area contributed by atoms with E-state index in [2.05, 4.69) is 5.32 Å². The van der Waals surface area contributed by atoms with Crippen molar-refractivity contribution in [3.63, 3.8) is 0 Å². The maximum absolute atomic E-state index is 12.0. The van der Waals surface area contributed by atoms with E-state index < -0.39 is 10.0 Å². The zero-order valence-electron chi connectivity index (χ0n) is 11.9. The van der Waals surface area contributed by atoms with Crippen LogP contribution in [-0.4, -0.2) is 19.4 Å². The average molecular weight is 320 g/mol. The second kappa shape index (κ2) is 6.17. The number of sulfonamides is 1. The van der Waals surface area contributed by atoms with E-state index in [1.165, 1.54) is 18.2 Å². The summed E-state index contributed by atoms with van der Waals surface area (Å²) in [6, 6.07) is 10.8. The van der Waals surface area contributed by atoms with Gasteiger partial charge in [0.25, 0.3) is 0 Å². The SMILES string of the molecule is Cc1ccc(NC(=O)Cc2ccc(O)cc2)cc1S(N)(=O)=O. The molecule has 1 amide bonds. The Balaban J connectivity index is 2.13. The Kier molecular flexibility index (Phi) is 4.48. The molecule has 2 aromatic rings. The van der Waals surface area contributed by atoms with E-state index in [1.54, 1.807) is 31.2 Å². The summed E-state index contributed by atoms with van der Waals surface area (Å²) in [5.41, 5.74) is 1.60. The van der Waals surface area contributed by atoms with Gasteiger partial charge >= 0.3 is 0 Å². The number of phenolic OH excluding ortho intramolecular Hbond substituents is 1. The highest BCUT2D eigenvalue weighted by Gasteiger charge is 2.13. The third kappa shape index (κ3) is 4.06. The van der Waals surface area contributed by atoms with Crippen LogP contribution in [0.1, 0.15) is 11.1 Å². The lowest BCUT2D eigenvalue weighted by Gasteiger charge is -2.09. The molecule has 4 N–H and O–H groups in total. The first kappa shape index (κ1) is 16.0. The van der Waals surface area contributed by atoms with Gasteiger partial charge < -0.3 is 10.4 Å². The monoisotopic (exact) mass is 320 g/mol. The number of nitrogens with two attached hydrogens (primary N) is 1. The molecule has 7 heteroatoms. The van der Waals surface area contributed by atoms with Crippen molar-refractivity contribution in [3.05, 3.63) is 53.6 Å². The fourth-order valence-corrected chi connectivity index (χ4v) is 2.80. The Morgan fingerprint density at radius 2 is 1.82 bits per heavy atom. The maximum atomic E-state index is 12.0. The maximum Gasteiger partial charge on any atom is 0.238 e. The predicted molar refractivity (Wildman–Crippen MR) is 83.0 cm³/mol. The van der Waals surface area contributed by atoms with E-state index >= 15 is 0 Å². The Hall–Kier alpha value is -2.38. The third-order valence-corrected chi connectivity index (χ3v) is 4.13.